The molecule has 0 radical (unpaired) electrons. The molecule has 1 fully saturated rings. The summed E-state index contributed by atoms with van der Waals surface area (Å²) in [6.45, 7) is 8.55. The third-order valence-corrected chi connectivity index (χ3v) is 9.42. The molecule has 2 aromatic rings. The third kappa shape index (κ3) is 8.85. The summed E-state index contributed by atoms with van der Waals surface area (Å²) < 4.78 is 78.1. The molecule has 0 spiro atoms. The summed E-state index contributed by atoms with van der Waals surface area (Å²) in [7, 11) is -4.05. The van der Waals surface area contributed by atoms with Crippen LogP contribution in [0.3, 0.4) is 0 Å². The molecule has 0 bridgehead atoms. The number of rotatable bonds is 8. The van der Waals surface area contributed by atoms with Gasteiger partial charge < -0.3 is 20.1 Å². The van der Waals surface area contributed by atoms with Crippen LogP contribution < -0.4 is 10.6 Å². The summed E-state index contributed by atoms with van der Waals surface area (Å²) in [5, 5.41) is 3.71. The maximum absolute atomic E-state index is 13.5. The lowest BCUT2D eigenvalue weighted by Crippen LogP contribution is -2.48. The Morgan fingerprint density at radius 3 is 2.09 bits per heavy atom. The minimum absolute atomic E-state index is 0.128. The van der Waals surface area contributed by atoms with Gasteiger partial charge in [0.25, 0.3) is 5.91 Å². The van der Waals surface area contributed by atoms with Crippen LogP contribution in [0.5, 0.6) is 0 Å². The van der Waals surface area contributed by atoms with Crippen LogP contribution in [0.15, 0.2) is 35.2 Å². The molecular weight excluding hydrogens is 613 g/mol. The molecule has 0 unspecified atom stereocenters. The molecule has 0 aliphatic heterocycles. The normalized spacial score (nSPS) is 18.1. The number of hydrogen-bond acceptors (Lipinski definition) is 7. The number of carbonyl (C=O) groups excluding carboxylic acids is 3. The van der Waals surface area contributed by atoms with Crippen molar-refractivity contribution in [2.45, 2.75) is 88.2 Å². The Kier molecular flexibility index (Phi) is 10.8. The van der Waals surface area contributed by atoms with Crippen LogP contribution in [0, 0.1) is 23.4 Å². The molecule has 1 saturated carbocycles. The fourth-order valence-electron chi connectivity index (χ4n) is 4.50. The number of sulfone groups is 1. The highest BCUT2D eigenvalue weighted by Crippen LogP contribution is 2.34. The van der Waals surface area contributed by atoms with Gasteiger partial charge in [0.05, 0.1) is 15.2 Å². The first-order valence-electron chi connectivity index (χ1n) is 13.6. The number of esters is 1. The smallest absolute Gasteiger partial charge is 0.408 e. The maximum Gasteiger partial charge on any atom is 0.408 e. The van der Waals surface area contributed by atoms with Gasteiger partial charge in [-0.1, -0.05) is 25.4 Å². The number of benzene rings is 2. The summed E-state index contributed by atoms with van der Waals surface area (Å²) in [4.78, 5) is 37.5. The minimum atomic E-state index is -4.05. The van der Waals surface area contributed by atoms with Crippen molar-refractivity contribution >= 4 is 45.1 Å². The first kappa shape index (κ1) is 34.2. The van der Waals surface area contributed by atoms with Crippen molar-refractivity contribution < 1.29 is 45.4 Å². The monoisotopic (exact) mass is 646 g/mol. The van der Waals surface area contributed by atoms with Crippen molar-refractivity contribution in [2.24, 2.45) is 5.92 Å². The number of nitrogens with one attached hydrogen (secondary N) is 2. The lowest BCUT2D eigenvalue weighted by molar-refractivity contribution is -0.154. The average molecular weight is 647 g/mol. The Morgan fingerprint density at radius 1 is 0.977 bits per heavy atom. The fourth-order valence-corrected chi connectivity index (χ4v) is 6.83. The second kappa shape index (κ2) is 13.5. The number of hydrogen-bond donors (Lipinski definition) is 2. The van der Waals surface area contributed by atoms with E-state index in [2.05, 4.69) is 10.6 Å². The van der Waals surface area contributed by atoms with Crippen LogP contribution in [-0.2, 0) is 24.1 Å². The SMILES string of the molecule is CC(C)[C@H](NC(=O)OC(C)(C)C)C(=O)OC1CCC(S(=O)(=O)c2cc(C(=O)Nc3cc(F)c(F)c(F)c3)ccc2Cl)CC1. The van der Waals surface area contributed by atoms with Gasteiger partial charge in [0.15, 0.2) is 27.3 Å². The Morgan fingerprint density at radius 2 is 1.56 bits per heavy atom. The van der Waals surface area contributed by atoms with E-state index in [0.717, 1.165) is 6.07 Å². The van der Waals surface area contributed by atoms with Crippen LogP contribution in [0.1, 0.15) is 70.7 Å². The van der Waals surface area contributed by atoms with Gasteiger partial charge in [-0.25, -0.2) is 31.2 Å². The number of halogens is 4. The summed E-state index contributed by atoms with van der Waals surface area (Å²) >= 11 is 6.20. The molecule has 2 amide bonds. The Bertz CT molecular complexity index is 1460. The first-order chi connectivity index (χ1) is 19.9. The van der Waals surface area contributed by atoms with Crippen LogP contribution in [0.4, 0.5) is 23.7 Å². The van der Waals surface area contributed by atoms with Crippen molar-refractivity contribution in [2.75, 3.05) is 5.32 Å². The van der Waals surface area contributed by atoms with Crippen molar-refractivity contribution in [3.05, 3.63) is 58.4 Å². The van der Waals surface area contributed by atoms with Crippen LogP contribution in [0.25, 0.3) is 0 Å². The molecule has 14 heteroatoms. The molecule has 236 valence electrons. The molecule has 2 aromatic carbocycles. The van der Waals surface area contributed by atoms with E-state index < -0.39 is 68.3 Å². The quantitative estimate of drug-likeness (QED) is 0.259. The number of anilines is 1. The zero-order valence-corrected chi connectivity index (χ0v) is 25.9. The molecule has 3 rings (SSSR count). The van der Waals surface area contributed by atoms with Gasteiger partial charge in [0, 0.05) is 23.4 Å². The molecular formula is C29H34ClF3N2O7S. The summed E-state index contributed by atoms with van der Waals surface area (Å²) in [6.07, 6.45) is -0.619. The molecule has 1 aliphatic rings. The predicted octanol–water partition coefficient (Wildman–Crippen LogP) is 6.19. The fraction of sp³-hybridized carbons (Fsp3) is 0.483. The standard InChI is InChI=1S/C29H34ClF3N2O7S/c1-15(2)25(35-28(38)42-29(3,4)5)27(37)41-18-7-9-19(10-8-18)43(39,40)23-12-16(6-11-20(23)30)26(36)34-17-13-21(31)24(33)22(32)14-17/h6,11-15,18-19,25H,7-10H2,1-5H3,(H,34,36)(H,35,38)/t18?,19?,25-/m0/s1. The highest BCUT2D eigenvalue weighted by Gasteiger charge is 2.36. The van der Waals surface area contributed by atoms with E-state index >= 15 is 0 Å². The van der Waals surface area contributed by atoms with Crippen LogP contribution in [0.2, 0.25) is 5.02 Å². The van der Waals surface area contributed by atoms with E-state index in [9.17, 15) is 36.0 Å². The van der Waals surface area contributed by atoms with Crippen molar-refractivity contribution in [1.29, 1.82) is 0 Å². The van der Waals surface area contributed by atoms with Gasteiger partial charge in [-0.05, 0) is 70.6 Å². The van der Waals surface area contributed by atoms with E-state index in [0.29, 0.717) is 12.1 Å². The number of ether oxygens (including phenoxy) is 2. The predicted molar refractivity (Wildman–Crippen MR) is 153 cm³/mol. The van der Waals surface area contributed by atoms with Crippen molar-refractivity contribution in [3.63, 3.8) is 0 Å². The summed E-state index contributed by atoms with van der Waals surface area (Å²) in [5.41, 5.74) is -1.28. The van der Waals surface area contributed by atoms with Crippen molar-refractivity contribution in [3.8, 4) is 0 Å². The highest BCUT2D eigenvalue weighted by molar-refractivity contribution is 7.92. The highest BCUT2D eigenvalue weighted by atomic mass is 35.5. The van der Waals surface area contributed by atoms with Crippen LogP contribution in [-0.4, -0.2) is 49.4 Å². The average Bonchev–Trinajstić information content (AvgIpc) is 2.89. The van der Waals surface area contributed by atoms with Gasteiger partial charge in [-0.3, -0.25) is 4.79 Å². The molecule has 1 aliphatic carbocycles. The molecule has 9 nitrogen and oxygen atoms in total. The minimum Gasteiger partial charge on any atom is -0.461 e. The van der Waals surface area contributed by atoms with Gasteiger partial charge in [0.2, 0.25) is 0 Å². The number of amides is 2. The van der Waals surface area contributed by atoms with Crippen molar-refractivity contribution in [1.82, 2.24) is 5.32 Å². The van der Waals surface area contributed by atoms with E-state index in [1.165, 1.54) is 12.1 Å². The van der Waals surface area contributed by atoms with Gasteiger partial charge in [-0.15, -0.1) is 0 Å². The molecule has 0 aromatic heterocycles. The van der Waals surface area contributed by atoms with Gasteiger partial charge in [-0.2, -0.15) is 0 Å². The third-order valence-electron chi connectivity index (χ3n) is 6.68. The molecule has 0 saturated heterocycles. The Labute approximate surface area is 253 Å². The molecule has 1 atom stereocenters. The number of carbonyl (C=O) groups is 3. The molecule has 2 N–H and O–H groups in total. The number of alkyl carbamates (subject to hydrolysis) is 1. The largest absolute Gasteiger partial charge is 0.461 e. The van der Waals surface area contributed by atoms with E-state index in [1.54, 1.807) is 34.6 Å². The Hall–Kier alpha value is -3.32. The lowest BCUT2D eigenvalue weighted by atomic mass is 9.97. The van der Waals surface area contributed by atoms with Gasteiger partial charge >= 0.3 is 12.1 Å². The lowest BCUT2D eigenvalue weighted by Gasteiger charge is -2.30. The van der Waals surface area contributed by atoms with Crippen LogP contribution >= 0.6 is 11.6 Å². The molecule has 43 heavy (non-hydrogen) atoms. The maximum atomic E-state index is 13.5. The summed E-state index contributed by atoms with van der Waals surface area (Å²) in [6, 6.07) is 3.72. The van der Waals surface area contributed by atoms with E-state index in [4.69, 9.17) is 21.1 Å². The second-order valence-corrected chi connectivity index (χ2v) is 14.2. The zero-order chi connectivity index (χ0) is 32.3. The molecule has 0 heterocycles. The first-order valence-corrected chi connectivity index (χ1v) is 15.5. The van der Waals surface area contributed by atoms with E-state index in [1.807, 2.05) is 0 Å². The van der Waals surface area contributed by atoms with Gasteiger partial charge in [0.1, 0.15) is 17.7 Å². The Balaban J connectivity index is 1.66. The summed E-state index contributed by atoms with van der Waals surface area (Å²) in [5.74, 6) is -6.56. The topological polar surface area (TPSA) is 128 Å². The van der Waals surface area contributed by atoms with E-state index in [-0.39, 0.29) is 52.8 Å². The second-order valence-electron chi connectivity index (χ2n) is 11.6. The zero-order valence-electron chi connectivity index (χ0n) is 24.3.